The molecule has 0 spiro atoms. The first-order valence-electron chi connectivity index (χ1n) is 7.36. The van der Waals surface area contributed by atoms with Crippen molar-refractivity contribution in [2.45, 2.75) is 25.5 Å². The number of aliphatic hydroxyl groups excluding tert-OH is 1. The number of benzene rings is 2. The number of nitrogens with one attached hydrogen (secondary N) is 1. The van der Waals surface area contributed by atoms with Gasteiger partial charge in [-0.25, -0.2) is 0 Å². The Hall–Kier alpha value is -2.66. The molecule has 0 aliphatic rings. The predicted molar refractivity (Wildman–Crippen MR) is 87.4 cm³/mol. The Morgan fingerprint density at radius 2 is 1.70 bits per heavy atom. The zero-order valence-electron chi connectivity index (χ0n) is 12.9. The van der Waals surface area contributed by atoms with Crippen LogP contribution in [0.1, 0.15) is 22.8 Å². The van der Waals surface area contributed by atoms with Crippen molar-refractivity contribution in [2.24, 2.45) is 5.73 Å². The fourth-order valence-corrected chi connectivity index (χ4v) is 2.32. The Labute approximate surface area is 135 Å². The largest absolute Gasteiger partial charge is 0.378 e. The molecule has 2 rings (SSSR count). The summed E-state index contributed by atoms with van der Waals surface area (Å²) in [6, 6.07) is 15.2. The summed E-state index contributed by atoms with van der Waals surface area (Å²) in [7, 11) is 0. The lowest BCUT2D eigenvalue weighted by Crippen LogP contribution is -2.47. The third-order valence-electron chi connectivity index (χ3n) is 3.71. The van der Waals surface area contributed by atoms with Crippen LogP contribution in [0.2, 0.25) is 0 Å². The third-order valence-corrected chi connectivity index (χ3v) is 3.71. The Morgan fingerprint density at radius 1 is 1.09 bits per heavy atom. The van der Waals surface area contributed by atoms with E-state index in [1.54, 1.807) is 30.3 Å². The molecule has 2 aromatic carbocycles. The maximum Gasteiger partial charge on any atom is 0.254 e. The molecule has 4 N–H and O–H groups in total. The zero-order valence-corrected chi connectivity index (χ0v) is 12.9. The fraction of sp³-hybridized carbons (Fsp3) is 0.222. The van der Waals surface area contributed by atoms with E-state index in [1.165, 1.54) is 0 Å². The lowest BCUT2D eigenvalue weighted by Gasteiger charge is -2.19. The highest BCUT2D eigenvalue weighted by Crippen LogP contribution is 2.14. The molecule has 120 valence electrons. The van der Waals surface area contributed by atoms with Crippen LogP contribution in [-0.2, 0) is 16.0 Å². The van der Waals surface area contributed by atoms with Gasteiger partial charge in [0.05, 0.1) is 0 Å². The van der Waals surface area contributed by atoms with Gasteiger partial charge in [0.2, 0.25) is 5.91 Å². The minimum absolute atomic E-state index is 0.287. The Kier molecular flexibility index (Phi) is 5.49. The molecule has 2 amide bonds. The van der Waals surface area contributed by atoms with E-state index in [4.69, 9.17) is 5.73 Å². The quantitative estimate of drug-likeness (QED) is 0.749. The molecule has 0 aromatic heterocycles. The Balaban J connectivity index is 2.09. The highest BCUT2D eigenvalue weighted by molar-refractivity contribution is 5.89. The van der Waals surface area contributed by atoms with Crippen molar-refractivity contribution in [3.8, 4) is 0 Å². The Bertz CT molecular complexity index is 686. The normalized spacial score (nSPS) is 13.1. The summed E-state index contributed by atoms with van der Waals surface area (Å²) in [6.45, 7) is 1.92. The summed E-state index contributed by atoms with van der Waals surface area (Å²) >= 11 is 0. The molecule has 23 heavy (non-hydrogen) atoms. The van der Waals surface area contributed by atoms with Crippen molar-refractivity contribution in [3.05, 3.63) is 71.3 Å². The molecule has 0 aliphatic heterocycles. The van der Waals surface area contributed by atoms with Crippen LogP contribution in [-0.4, -0.2) is 23.0 Å². The second kappa shape index (κ2) is 7.56. The topological polar surface area (TPSA) is 92.4 Å². The molecular formula is C18H20N2O3. The number of amides is 2. The molecule has 0 radical (unpaired) electrons. The zero-order chi connectivity index (χ0) is 16.8. The second-order valence-corrected chi connectivity index (χ2v) is 5.41. The van der Waals surface area contributed by atoms with Gasteiger partial charge >= 0.3 is 0 Å². The fourth-order valence-electron chi connectivity index (χ4n) is 2.32. The molecule has 0 heterocycles. The highest BCUT2D eigenvalue weighted by atomic mass is 16.3. The van der Waals surface area contributed by atoms with E-state index in [1.807, 2.05) is 31.2 Å². The van der Waals surface area contributed by atoms with Gasteiger partial charge in [0.1, 0.15) is 6.04 Å². The van der Waals surface area contributed by atoms with E-state index in [2.05, 4.69) is 5.32 Å². The van der Waals surface area contributed by atoms with Crippen molar-refractivity contribution in [1.29, 1.82) is 0 Å². The van der Waals surface area contributed by atoms with Gasteiger partial charge in [0.15, 0.2) is 6.10 Å². The number of rotatable bonds is 6. The number of carbonyl (C=O) groups is 2. The van der Waals surface area contributed by atoms with Gasteiger partial charge in [-0.15, -0.1) is 0 Å². The van der Waals surface area contributed by atoms with E-state index in [-0.39, 0.29) is 6.42 Å². The monoisotopic (exact) mass is 312 g/mol. The maximum atomic E-state index is 12.2. The van der Waals surface area contributed by atoms with Crippen LogP contribution in [0.3, 0.4) is 0 Å². The van der Waals surface area contributed by atoms with Gasteiger partial charge in [0.25, 0.3) is 5.91 Å². The summed E-state index contributed by atoms with van der Waals surface area (Å²) < 4.78 is 0. The van der Waals surface area contributed by atoms with Crippen LogP contribution >= 0.6 is 0 Å². The van der Waals surface area contributed by atoms with Crippen molar-refractivity contribution in [1.82, 2.24) is 5.32 Å². The standard InChI is InChI=1S/C18H20N2O3/c1-12-7-5-6-10-14(12)11-15(17(19)22)20-18(23)16(21)13-8-3-2-4-9-13/h2-10,15-16,21H,11H2,1H3,(H2,19,22)(H,20,23)/t15-,16-/m0/s1. The molecule has 2 atom stereocenters. The number of aliphatic hydroxyl groups is 1. The van der Waals surface area contributed by atoms with Crippen LogP contribution < -0.4 is 11.1 Å². The van der Waals surface area contributed by atoms with E-state index in [0.29, 0.717) is 5.56 Å². The summed E-state index contributed by atoms with van der Waals surface area (Å²) in [5.74, 6) is -1.28. The number of nitrogens with two attached hydrogens (primary N) is 1. The second-order valence-electron chi connectivity index (χ2n) is 5.41. The van der Waals surface area contributed by atoms with E-state index < -0.39 is 24.0 Å². The van der Waals surface area contributed by atoms with Gasteiger partial charge in [-0.3, -0.25) is 9.59 Å². The van der Waals surface area contributed by atoms with Crippen LogP contribution in [0.5, 0.6) is 0 Å². The molecule has 0 unspecified atom stereocenters. The van der Waals surface area contributed by atoms with E-state index in [0.717, 1.165) is 11.1 Å². The summed E-state index contributed by atoms with van der Waals surface area (Å²) in [5.41, 5.74) is 7.78. The number of aryl methyl sites for hydroxylation is 1. The minimum atomic E-state index is -1.34. The molecule has 0 fully saturated rings. The van der Waals surface area contributed by atoms with E-state index in [9.17, 15) is 14.7 Å². The van der Waals surface area contributed by atoms with Crippen molar-refractivity contribution < 1.29 is 14.7 Å². The first kappa shape index (κ1) is 16.7. The Morgan fingerprint density at radius 3 is 2.30 bits per heavy atom. The van der Waals surface area contributed by atoms with Crippen molar-refractivity contribution in [3.63, 3.8) is 0 Å². The van der Waals surface area contributed by atoms with Crippen LogP contribution in [0.15, 0.2) is 54.6 Å². The predicted octanol–water partition coefficient (Wildman–Crippen LogP) is 1.24. The lowest BCUT2D eigenvalue weighted by molar-refractivity contribution is -0.133. The minimum Gasteiger partial charge on any atom is -0.378 e. The van der Waals surface area contributed by atoms with Crippen LogP contribution in [0, 0.1) is 6.92 Å². The molecule has 2 aromatic rings. The van der Waals surface area contributed by atoms with Gasteiger partial charge in [-0.1, -0.05) is 54.6 Å². The number of hydrogen-bond acceptors (Lipinski definition) is 3. The lowest BCUT2D eigenvalue weighted by atomic mass is 10.00. The number of carbonyl (C=O) groups excluding carboxylic acids is 2. The van der Waals surface area contributed by atoms with Crippen LogP contribution in [0.25, 0.3) is 0 Å². The van der Waals surface area contributed by atoms with E-state index >= 15 is 0 Å². The molecule has 0 bridgehead atoms. The van der Waals surface area contributed by atoms with Gasteiger partial charge < -0.3 is 16.2 Å². The summed E-state index contributed by atoms with van der Waals surface area (Å²) in [5, 5.41) is 12.6. The van der Waals surface area contributed by atoms with Crippen molar-refractivity contribution >= 4 is 11.8 Å². The highest BCUT2D eigenvalue weighted by Gasteiger charge is 2.24. The molecule has 5 nitrogen and oxygen atoms in total. The van der Waals surface area contributed by atoms with Gasteiger partial charge in [0, 0.05) is 6.42 Å². The average molecular weight is 312 g/mol. The smallest absolute Gasteiger partial charge is 0.254 e. The third kappa shape index (κ3) is 4.40. The van der Waals surface area contributed by atoms with Gasteiger partial charge in [-0.05, 0) is 23.6 Å². The number of primary amides is 1. The maximum absolute atomic E-state index is 12.2. The SMILES string of the molecule is Cc1ccccc1C[C@H](NC(=O)[C@@H](O)c1ccccc1)C(N)=O. The first-order valence-corrected chi connectivity index (χ1v) is 7.36. The average Bonchev–Trinajstić information content (AvgIpc) is 2.56. The van der Waals surface area contributed by atoms with Crippen molar-refractivity contribution in [2.75, 3.05) is 0 Å². The summed E-state index contributed by atoms with van der Waals surface area (Å²) in [6.07, 6.45) is -1.05. The molecule has 5 heteroatoms. The molecular weight excluding hydrogens is 292 g/mol. The molecule has 0 saturated carbocycles. The number of hydrogen-bond donors (Lipinski definition) is 3. The molecule has 0 saturated heterocycles. The summed E-state index contributed by atoms with van der Waals surface area (Å²) in [4.78, 5) is 23.8. The first-order chi connectivity index (χ1) is 11.0. The van der Waals surface area contributed by atoms with Gasteiger partial charge in [-0.2, -0.15) is 0 Å². The van der Waals surface area contributed by atoms with Crippen LogP contribution in [0.4, 0.5) is 0 Å². The molecule has 0 aliphatic carbocycles.